The number of hydrogen-bond donors (Lipinski definition) is 1. The van der Waals surface area contributed by atoms with Crippen molar-refractivity contribution < 1.29 is 0 Å². The van der Waals surface area contributed by atoms with Crippen molar-refractivity contribution in [3.8, 4) is 22.0 Å². The normalized spacial score (nSPS) is 10.7. The van der Waals surface area contributed by atoms with Gasteiger partial charge in [0, 0.05) is 16.6 Å². The van der Waals surface area contributed by atoms with Gasteiger partial charge in [0.2, 0.25) is 0 Å². The molecule has 0 amide bonds. The van der Waals surface area contributed by atoms with Crippen molar-refractivity contribution in [1.29, 1.82) is 0 Å². The molecule has 3 nitrogen and oxygen atoms in total. The lowest BCUT2D eigenvalue weighted by atomic mass is 10.2. The Morgan fingerprint density at radius 3 is 2.50 bits per heavy atom. The molecule has 0 fully saturated rings. The Balaban J connectivity index is 2.08. The zero-order valence-corrected chi connectivity index (χ0v) is 11.8. The summed E-state index contributed by atoms with van der Waals surface area (Å²) in [5.41, 5.74) is 8.72. The van der Waals surface area contributed by atoms with Crippen LogP contribution >= 0.6 is 11.3 Å². The van der Waals surface area contributed by atoms with Crippen LogP contribution in [-0.2, 0) is 6.42 Å². The molecule has 2 heterocycles. The van der Waals surface area contributed by atoms with Crippen molar-refractivity contribution in [2.24, 2.45) is 5.73 Å². The molecule has 20 heavy (non-hydrogen) atoms. The van der Waals surface area contributed by atoms with Crippen LogP contribution in [0.3, 0.4) is 0 Å². The van der Waals surface area contributed by atoms with E-state index >= 15 is 0 Å². The Kier molecular flexibility index (Phi) is 3.85. The molecule has 0 spiro atoms. The minimum atomic E-state index is 0.621. The van der Waals surface area contributed by atoms with E-state index in [-0.39, 0.29) is 0 Å². The molecule has 1 aromatic carbocycles. The third-order valence-electron chi connectivity index (χ3n) is 3.00. The third-order valence-corrected chi connectivity index (χ3v) is 4.16. The lowest BCUT2D eigenvalue weighted by Crippen LogP contribution is -2.02. The fourth-order valence-corrected chi connectivity index (χ4v) is 3.15. The van der Waals surface area contributed by atoms with Gasteiger partial charge in [0.05, 0.1) is 5.69 Å². The van der Waals surface area contributed by atoms with Gasteiger partial charge >= 0.3 is 0 Å². The topological polar surface area (TPSA) is 51.8 Å². The SMILES string of the molecule is NCCc1sc(-c2ccccc2)nc1-c1ccccn1. The molecular weight excluding hydrogens is 266 g/mol. The van der Waals surface area contributed by atoms with Crippen molar-refractivity contribution >= 4 is 11.3 Å². The standard InChI is InChI=1S/C16H15N3S/c17-10-9-14-15(13-8-4-5-11-18-13)19-16(20-14)12-6-2-1-3-7-12/h1-8,11H,9-10,17H2. The number of rotatable bonds is 4. The highest BCUT2D eigenvalue weighted by Crippen LogP contribution is 2.33. The summed E-state index contributed by atoms with van der Waals surface area (Å²) < 4.78 is 0. The quantitative estimate of drug-likeness (QED) is 0.797. The molecule has 0 bridgehead atoms. The molecule has 100 valence electrons. The summed E-state index contributed by atoms with van der Waals surface area (Å²) in [7, 11) is 0. The van der Waals surface area contributed by atoms with Crippen LogP contribution < -0.4 is 5.73 Å². The molecule has 0 aliphatic rings. The number of nitrogens with two attached hydrogens (primary N) is 1. The Labute approximate surface area is 122 Å². The van der Waals surface area contributed by atoms with E-state index in [1.807, 2.05) is 36.4 Å². The van der Waals surface area contributed by atoms with E-state index in [1.54, 1.807) is 17.5 Å². The molecule has 3 rings (SSSR count). The zero-order valence-electron chi connectivity index (χ0n) is 11.0. The van der Waals surface area contributed by atoms with Crippen LogP contribution in [-0.4, -0.2) is 16.5 Å². The van der Waals surface area contributed by atoms with E-state index in [0.717, 1.165) is 28.4 Å². The second-order valence-corrected chi connectivity index (χ2v) is 5.49. The van der Waals surface area contributed by atoms with Gasteiger partial charge in [-0.2, -0.15) is 0 Å². The van der Waals surface area contributed by atoms with Gasteiger partial charge in [0.15, 0.2) is 0 Å². The van der Waals surface area contributed by atoms with Crippen molar-refractivity contribution in [2.75, 3.05) is 6.54 Å². The molecule has 0 saturated heterocycles. The molecule has 0 aliphatic carbocycles. The highest BCUT2D eigenvalue weighted by molar-refractivity contribution is 7.15. The number of benzene rings is 1. The molecule has 0 saturated carbocycles. The highest BCUT2D eigenvalue weighted by Gasteiger charge is 2.14. The van der Waals surface area contributed by atoms with Gasteiger partial charge in [-0.15, -0.1) is 11.3 Å². The van der Waals surface area contributed by atoms with Gasteiger partial charge in [-0.3, -0.25) is 4.98 Å². The fourth-order valence-electron chi connectivity index (χ4n) is 2.06. The van der Waals surface area contributed by atoms with Crippen molar-refractivity contribution in [1.82, 2.24) is 9.97 Å². The predicted molar refractivity (Wildman–Crippen MR) is 83.5 cm³/mol. The van der Waals surface area contributed by atoms with Gasteiger partial charge in [0.25, 0.3) is 0 Å². The van der Waals surface area contributed by atoms with Gasteiger partial charge in [-0.1, -0.05) is 36.4 Å². The molecule has 3 aromatic rings. The lowest BCUT2D eigenvalue weighted by Gasteiger charge is -1.99. The van der Waals surface area contributed by atoms with Crippen LogP contribution in [0.5, 0.6) is 0 Å². The molecular formula is C16H15N3S. The average Bonchev–Trinajstić information content (AvgIpc) is 2.94. The Hall–Kier alpha value is -2.04. The van der Waals surface area contributed by atoms with Crippen LogP contribution in [0.15, 0.2) is 54.7 Å². The predicted octanol–water partition coefficient (Wildman–Crippen LogP) is 3.37. The lowest BCUT2D eigenvalue weighted by molar-refractivity contribution is 0.984. The molecule has 0 unspecified atom stereocenters. The zero-order chi connectivity index (χ0) is 13.8. The summed E-state index contributed by atoms with van der Waals surface area (Å²) in [5, 5.41) is 1.02. The number of nitrogens with zero attached hydrogens (tertiary/aromatic N) is 2. The van der Waals surface area contributed by atoms with Crippen LogP contribution in [0, 0.1) is 0 Å². The summed E-state index contributed by atoms with van der Waals surface area (Å²) >= 11 is 1.70. The molecule has 0 aliphatic heterocycles. The number of hydrogen-bond acceptors (Lipinski definition) is 4. The second kappa shape index (κ2) is 5.94. The third kappa shape index (κ3) is 2.61. The summed E-state index contributed by atoms with van der Waals surface area (Å²) in [6.45, 7) is 0.621. The Morgan fingerprint density at radius 1 is 1.00 bits per heavy atom. The Morgan fingerprint density at radius 2 is 1.80 bits per heavy atom. The van der Waals surface area contributed by atoms with E-state index in [4.69, 9.17) is 10.7 Å². The van der Waals surface area contributed by atoms with E-state index < -0.39 is 0 Å². The van der Waals surface area contributed by atoms with Gasteiger partial charge in [-0.25, -0.2) is 4.98 Å². The van der Waals surface area contributed by atoms with Crippen LogP contribution in [0.1, 0.15) is 4.88 Å². The first kappa shape index (κ1) is 13.0. The molecule has 0 atom stereocenters. The summed E-state index contributed by atoms with van der Waals surface area (Å²) in [5.74, 6) is 0. The largest absolute Gasteiger partial charge is 0.330 e. The van der Waals surface area contributed by atoms with E-state index in [1.165, 1.54) is 4.88 Å². The van der Waals surface area contributed by atoms with Gasteiger partial charge < -0.3 is 5.73 Å². The van der Waals surface area contributed by atoms with Crippen LogP contribution in [0.2, 0.25) is 0 Å². The van der Waals surface area contributed by atoms with Crippen molar-refractivity contribution in [2.45, 2.75) is 6.42 Å². The molecule has 2 N–H and O–H groups in total. The Bertz CT molecular complexity index is 677. The second-order valence-electron chi connectivity index (χ2n) is 4.41. The number of aromatic nitrogens is 2. The van der Waals surface area contributed by atoms with Crippen LogP contribution in [0.4, 0.5) is 0 Å². The average molecular weight is 281 g/mol. The van der Waals surface area contributed by atoms with Gasteiger partial charge in [0.1, 0.15) is 10.7 Å². The monoisotopic (exact) mass is 281 g/mol. The maximum Gasteiger partial charge on any atom is 0.124 e. The van der Waals surface area contributed by atoms with Crippen LogP contribution in [0.25, 0.3) is 22.0 Å². The van der Waals surface area contributed by atoms with Crippen molar-refractivity contribution in [3.63, 3.8) is 0 Å². The summed E-state index contributed by atoms with van der Waals surface area (Å²) in [4.78, 5) is 10.4. The first-order chi connectivity index (χ1) is 9.88. The minimum absolute atomic E-state index is 0.621. The maximum atomic E-state index is 5.71. The smallest absolute Gasteiger partial charge is 0.124 e. The van der Waals surface area contributed by atoms with Crippen molar-refractivity contribution in [3.05, 3.63) is 59.6 Å². The number of thiazole rings is 1. The van der Waals surface area contributed by atoms with Gasteiger partial charge in [-0.05, 0) is 25.1 Å². The first-order valence-corrected chi connectivity index (χ1v) is 7.36. The number of pyridine rings is 1. The van der Waals surface area contributed by atoms with E-state index in [0.29, 0.717) is 6.54 Å². The maximum absolute atomic E-state index is 5.71. The minimum Gasteiger partial charge on any atom is -0.330 e. The first-order valence-electron chi connectivity index (χ1n) is 6.55. The highest BCUT2D eigenvalue weighted by atomic mass is 32.1. The van der Waals surface area contributed by atoms with E-state index in [2.05, 4.69) is 17.1 Å². The van der Waals surface area contributed by atoms with E-state index in [9.17, 15) is 0 Å². The molecule has 2 aromatic heterocycles. The summed E-state index contributed by atoms with van der Waals surface area (Å²) in [6.07, 6.45) is 2.62. The summed E-state index contributed by atoms with van der Waals surface area (Å²) in [6, 6.07) is 16.1. The molecule has 4 heteroatoms. The molecule has 0 radical (unpaired) electrons. The fraction of sp³-hybridized carbons (Fsp3) is 0.125.